The van der Waals surface area contributed by atoms with Gasteiger partial charge in [-0.2, -0.15) is 0 Å². The average molecular weight is 481 g/mol. The van der Waals surface area contributed by atoms with Gasteiger partial charge < -0.3 is 10.1 Å². The maximum absolute atomic E-state index is 13.4. The second kappa shape index (κ2) is 10.5. The van der Waals surface area contributed by atoms with E-state index in [1.54, 1.807) is 0 Å². The van der Waals surface area contributed by atoms with Gasteiger partial charge in [0.15, 0.2) is 22.6 Å². The zero-order valence-electron chi connectivity index (χ0n) is 18.6. The molecule has 0 unspecified atom stereocenters. The normalized spacial score (nSPS) is 10.8. The van der Waals surface area contributed by atoms with E-state index in [1.165, 1.54) is 17.8 Å². The van der Waals surface area contributed by atoms with Gasteiger partial charge in [-0.15, -0.1) is 10.2 Å². The van der Waals surface area contributed by atoms with E-state index in [4.69, 9.17) is 4.74 Å². The van der Waals surface area contributed by atoms with Crippen LogP contribution in [0.5, 0.6) is 5.75 Å². The first-order chi connectivity index (χ1) is 16.4. The van der Waals surface area contributed by atoms with Crippen LogP contribution in [0, 0.1) is 25.5 Å². The molecule has 4 rings (SSSR count). The smallest absolute Gasteiger partial charge is 0.234 e. The Balaban J connectivity index is 1.50. The van der Waals surface area contributed by atoms with Gasteiger partial charge in [-0.25, -0.2) is 8.78 Å². The summed E-state index contributed by atoms with van der Waals surface area (Å²) in [6.45, 7) is 4.19. The molecule has 34 heavy (non-hydrogen) atoms. The van der Waals surface area contributed by atoms with Crippen LogP contribution in [-0.2, 0) is 11.4 Å². The van der Waals surface area contributed by atoms with Crippen molar-refractivity contribution in [3.63, 3.8) is 0 Å². The molecule has 1 amide bonds. The van der Waals surface area contributed by atoms with E-state index in [-0.39, 0.29) is 24.0 Å². The van der Waals surface area contributed by atoms with Crippen LogP contribution in [-0.4, -0.2) is 26.4 Å². The predicted molar refractivity (Wildman–Crippen MR) is 127 cm³/mol. The van der Waals surface area contributed by atoms with Crippen LogP contribution in [0.3, 0.4) is 0 Å². The Morgan fingerprint density at radius 1 is 0.941 bits per heavy atom. The van der Waals surface area contributed by atoms with Gasteiger partial charge in [-0.05, 0) is 50.2 Å². The van der Waals surface area contributed by atoms with Gasteiger partial charge in [0.2, 0.25) is 5.91 Å². The molecule has 0 spiro atoms. The number of amides is 1. The highest BCUT2D eigenvalue weighted by atomic mass is 32.2. The molecule has 0 aliphatic rings. The number of hydrogen-bond acceptors (Lipinski definition) is 5. The van der Waals surface area contributed by atoms with Crippen molar-refractivity contribution in [2.75, 3.05) is 11.1 Å². The molecule has 4 aromatic rings. The van der Waals surface area contributed by atoms with Crippen molar-refractivity contribution in [3.8, 4) is 11.4 Å². The molecule has 0 fully saturated rings. The van der Waals surface area contributed by atoms with Gasteiger partial charge >= 0.3 is 0 Å². The van der Waals surface area contributed by atoms with Gasteiger partial charge in [0.05, 0.1) is 5.75 Å². The van der Waals surface area contributed by atoms with Gasteiger partial charge in [0, 0.05) is 17.4 Å². The van der Waals surface area contributed by atoms with Crippen LogP contribution < -0.4 is 10.1 Å². The summed E-state index contributed by atoms with van der Waals surface area (Å²) in [5.74, 6) is -1.09. The van der Waals surface area contributed by atoms with E-state index in [9.17, 15) is 13.6 Å². The van der Waals surface area contributed by atoms with E-state index in [0.29, 0.717) is 16.7 Å². The number of nitrogens with one attached hydrogen (secondary N) is 1. The van der Waals surface area contributed by atoms with E-state index < -0.39 is 11.6 Å². The summed E-state index contributed by atoms with van der Waals surface area (Å²) in [6, 6.07) is 18.8. The van der Waals surface area contributed by atoms with Crippen LogP contribution in [0.2, 0.25) is 0 Å². The summed E-state index contributed by atoms with van der Waals surface area (Å²) < 4.78 is 34.2. The Kier molecular flexibility index (Phi) is 7.22. The number of anilines is 1. The Morgan fingerprint density at radius 2 is 1.62 bits per heavy atom. The first-order valence-electron chi connectivity index (χ1n) is 10.5. The first-order valence-corrected chi connectivity index (χ1v) is 11.5. The zero-order chi connectivity index (χ0) is 24.1. The molecule has 0 atom stereocenters. The van der Waals surface area contributed by atoms with Gasteiger partial charge in [0.1, 0.15) is 12.4 Å². The van der Waals surface area contributed by atoms with Gasteiger partial charge in [0.25, 0.3) is 0 Å². The number of rotatable bonds is 8. The second-order valence-corrected chi connectivity index (χ2v) is 8.58. The standard InChI is InChI=1S/C25H22F2N4O2S/c1-16-3-8-19(9-4-16)31-23(14-33-20-10-5-17(2)6-11-20)29-30-25(31)34-15-24(32)28-18-7-12-21(26)22(27)13-18/h3-13H,14-15H2,1-2H3,(H,28,32). The van der Waals surface area contributed by atoms with Crippen LogP contribution in [0.4, 0.5) is 14.5 Å². The van der Waals surface area contributed by atoms with Crippen LogP contribution in [0.15, 0.2) is 71.9 Å². The average Bonchev–Trinajstić information content (AvgIpc) is 3.23. The lowest BCUT2D eigenvalue weighted by molar-refractivity contribution is -0.113. The van der Waals surface area contributed by atoms with Crippen molar-refractivity contribution in [1.82, 2.24) is 14.8 Å². The molecule has 0 aliphatic carbocycles. The van der Waals surface area contributed by atoms with E-state index in [1.807, 2.05) is 66.9 Å². The molecule has 0 saturated carbocycles. The van der Waals surface area contributed by atoms with Crippen molar-refractivity contribution in [1.29, 1.82) is 0 Å². The highest BCUT2D eigenvalue weighted by Crippen LogP contribution is 2.24. The molecule has 9 heteroatoms. The summed E-state index contributed by atoms with van der Waals surface area (Å²) in [5.41, 5.74) is 3.25. The molecule has 0 saturated heterocycles. The number of ether oxygens (including phenoxy) is 1. The minimum absolute atomic E-state index is 0.00180. The van der Waals surface area contributed by atoms with Crippen molar-refractivity contribution in [2.24, 2.45) is 0 Å². The molecular weight excluding hydrogens is 458 g/mol. The molecular formula is C25H22F2N4O2S. The molecule has 0 bridgehead atoms. The number of benzene rings is 3. The number of aryl methyl sites for hydroxylation is 2. The summed E-state index contributed by atoms with van der Waals surface area (Å²) in [5, 5.41) is 11.6. The molecule has 1 heterocycles. The van der Waals surface area contributed by atoms with Gasteiger partial charge in [-0.1, -0.05) is 47.2 Å². The number of hydrogen-bond donors (Lipinski definition) is 1. The number of halogens is 2. The monoisotopic (exact) mass is 480 g/mol. The third-order valence-electron chi connectivity index (χ3n) is 4.92. The Hall–Kier alpha value is -3.72. The quantitative estimate of drug-likeness (QED) is 0.339. The lowest BCUT2D eigenvalue weighted by Gasteiger charge is -2.12. The Morgan fingerprint density at radius 3 is 2.29 bits per heavy atom. The third-order valence-corrected chi connectivity index (χ3v) is 5.85. The van der Waals surface area contributed by atoms with Crippen molar-refractivity contribution >= 4 is 23.4 Å². The number of carbonyl (C=O) groups excluding carboxylic acids is 1. The first kappa shape index (κ1) is 23.4. The number of carbonyl (C=O) groups is 1. The lowest BCUT2D eigenvalue weighted by Crippen LogP contribution is -2.15. The van der Waals surface area contributed by atoms with Crippen LogP contribution >= 0.6 is 11.8 Å². The fourth-order valence-electron chi connectivity index (χ4n) is 3.12. The maximum Gasteiger partial charge on any atom is 0.234 e. The molecule has 1 aromatic heterocycles. The van der Waals surface area contributed by atoms with Crippen LogP contribution in [0.25, 0.3) is 5.69 Å². The highest BCUT2D eigenvalue weighted by molar-refractivity contribution is 7.99. The molecule has 0 aliphatic heterocycles. The number of thioether (sulfide) groups is 1. The summed E-state index contributed by atoms with van der Waals surface area (Å²) in [7, 11) is 0. The van der Waals surface area contributed by atoms with Gasteiger partial charge in [-0.3, -0.25) is 9.36 Å². The Bertz CT molecular complexity index is 1290. The van der Waals surface area contributed by atoms with Crippen molar-refractivity contribution < 1.29 is 18.3 Å². The molecule has 1 N–H and O–H groups in total. The highest BCUT2D eigenvalue weighted by Gasteiger charge is 2.17. The van der Waals surface area contributed by atoms with Crippen molar-refractivity contribution in [3.05, 3.63) is 95.3 Å². The number of nitrogens with zero attached hydrogens (tertiary/aromatic N) is 3. The van der Waals surface area contributed by atoms with E-state index in [2.05, 4.69) is 15.5 Å². The molecule has 3 aromatic carbocycles. The third kappa shape index (κ3) is 5.79. The SMILES string of the molecule is Cc1ccc(OCc2nnc(SCC(=O)Nc3ccc(F)c(F)c3)n2-c2ccc(C)cc2)cc1. The fourth-order valence-corrected chi connectivity index (χ4v) is 3.89. The summed E-state index contributed by atoms with van der Waals surface area (Å²) in [6.07, 6.45) is 0. The zero-order valence-corrected chi connectivity index (χ0v) is 19.4. The van der Waals surface area contributed by atoms with E-state index >= 15 is 0 Å². The second-order valence-electron chi connectivity index (χ2n) is 7.64. The lowest BCUT2D eigenvalue weighted by atomic mass is 10.2. The molecule has 6 nitrogen and oxygen atoms in total. The topological polar surface area (TPSA) is 69.0 Å². The minimum Gasteiger partial charge on any atom is -0.486 e. The van der Waals surface area contributed by atoms with Crippen LogP contribution in [0.1, 0.15) is 17.0 Å². The predicted octanol–water partition coefficient (Wildman–Crippen LogP) is 5.47. The number of aromatic nitrogens is 3. The largest absolute Gasteiger partial charge is 0.486 e. The molecule has 0 radical (unpaired) electrons. The summed E-state index contributed by atoms with van der Waals surface area (Å²) in [4.78, 5) is 12.4. The molecule has 174 valence electrons. The minimum atomic E-state index is -1.03. The summed E-state index contributed by atoms with van der Waals surface area (Å²) >= 11 is 1.18. The Labute approximate surface area is 200 Å². The maximum atomic E-state index is 13.4. The van der Waals surface area contributed by atoms with E-state index in [0.717, 1.165) is 28.9 Å². The fraction of sp³-hybridized carbons (Fsp3) is 0.160. The van der Waals surface area contributed by atoms with Crippen molar-refractivity contribution in [2.45, 2.75) is 25.6 Å².